The predicted molar refractivity (Wildman–Crippen MR) is 26.7 cm³/mol. The van der Waals surface area contributed by atoms with Crippen LogP contribution in [-0.2, 0) is 9.13 Å². The van der Waals surface area contributed by atoms with Crippen LogP contribution in [0.4, 0.5) is 0 Å². The zero-order valence-corrected chi connectivity index (χ0v) is 8.96. The maximum absolute atomic E-state index is 9.81. The SMILES string of the molecule is O=P([O-])(O)CP(=O)(O)O.[Na+]. The Hall–Kier alpha value is 1.30. The molecule has 1 atom stereocenters. The molecular formula is CH5NaO6P2. The van der Waals surface area contributed by atoms with Gasteiger partial charge in [-0.25, -0.2) is 0 Å². The normalized spacial score (nSPS) is 17.2. The second-order valence-electron chi connectivity index (χ2n) is 1.44. The molecule has 0 saturated carbocycles. The minimum Gasteiger partial charge on any atom is -0.778 e. The van der Waals surface area contributed by atoms with Crippen molar-refractivity contribution in [2.24, 2.45) is 0 Å². The zero-order valence-electron chi connectivity index (χ0n) is 5.17. The predicted octanol–water partition coefficient (Wildman–Crippen LogP) is -4.33. The summed E-state index contributed by atoms with van der Waals surface area (Å²) in [6.45, 7) is 0. The standard InChI is InChI=1S/CH6O6P2.Na/c2-8(3,4)1-9(5,6)7;/h1H2,(H2,2,3,4)(H2,5,6,7);/q;+1/p-1. The van der Waals surface area contributed by atoms with Crippen molar-refractivity contribution in [3.8, 4) is 0 Å². The van der Waals surface area contributed by atoms with Gasteiger partial charge in [-0.3, -0.25) is 4.57 Å². The summed E-state index contributed by atoms with van der Waals surface area (Å²) in [5.41, 5.74) is 0. The largest absolute Gasteiger partial charge is 1.00 e. The van der Waals surface area contributed by atoms with Gasteiger partial charge >= 0.3 is 37.2 Å². The smallest absolute Gasteiger partial charge is 0.778 e. The first-order valence-corrected chi connectivity index (χ1v) is 5.34. The van der Waals surface area contributed by atoms with Gasteiger partial charge in [-0.05, 0) is 0 Å². The van der Waals surface area contributed by atoms with Crippen molar-refractivity contribution < 1.29 is 58.3 Å². The van der Waals surface area contributed by atoms with Crippen LogP contribution >= 0.6 is 15.2 Å². The first-order chi connectivity index (χ1) is 3.71. The summed E-state index contributed by atoms with van der Waals surface area (Å²) < 4.78 is 19.5. The molecule has 3 N–H and O–H groups in total. The van der Waals surface area contributed by atoms with Crippen molar-refractivity contribution in [2.45, 2.75) is 0 Å². The van der Waals surface area contributed by atoms with E-state index in [4.69, 9.17) is 14.7 Å². The van der Waals surface area contributed by atoms with Crippen LogP contribution < -0.4 is 34.5 Å². The van der Waals surface area contributed by atoms with Crippen LogP contribution in [0.1, 0.15) is 0 Å². The Kier molecular flexibility index (Phi) is 6.04. The van der Waals surface area contributed by atoms with Crippen LogP contribution in [0.2, 0.25) is 0 Å². The molecule has 0 aliphatic carbocycles. The van der Waals surface area contributed by atoms with Gasteiger partial charge in [0.2, 0.25) is 0 Å². The molecule has 1 unspecified atom stereocenters. The van der Waals surface area contributed by atoms with Crippen LogP contribution in [0.25, 0.3) is 0 Å². The van der Waals surface area contributed by atoms with Gasteiger partial charge in [0, 0.05) is 0 Å². The topological polar surface area (TPSA) is 118 Å². The second kappa shape index (κ2) is 4.36. The molecule has 0 saturated heterocycles. The summed E-state index contributed by atoms with van der Waals surface area (Å²) in [6, 6.07) is 0. The molecule has 0 bridgehead atoms. The quantitative estimate of drug-likeness (QED) is 0.305. The van der Waals surface area contributed by atoms with E-state index in [9.17, 15) is 14.0 Å². The van der Waals surface area contributed by atoms with Gasteiger partial charge in [-0.1, -0.05) is 0 Å². The molecule has 0 spiro atoms. The van der Waals surface area contributed by atoms with E-state index in [-0.39, 0.29) is 29.6 Å². The van der Waals surface area contributed by atoms with Crippen molar-refractivity contribution in [1.82, 2.24) is 0 Å². The Balaban J connectivity index is 0. The molecule has 0 radical (unpaired) electrons. The first-order valence-electron chi connectivity index (χ1n) is 1.78. The molecule has 0 aromatic carbocycles. The summed E-state index contributed by atoms with van der Waals surface area (Å²) >= 11 is 0. The minimum absolute atomic E-state index is 0. The van der Waals surface area contributed by atoms with E-state index in [1.54, 1.807) is 0 Å². The van der Waals surface area contributed by atoms with Crippen molar-refractivity contribution >= 4 is 15.2 Å². The maximum Gasteiger partial charge on any atom is 1.00 e. The van der Waals surface area contributed by atoms with E-state index in [1.165, 1.54) is 0 Å². The number of rotatable bonds is 2. The van der Waals surface area contributed by atoms with Crippen molar-refractivity contribution in [3.63, 3.8) is 0 Å². The molecule has 9 heteroatoms. The van der Waals surface area contributed by atoms with E-state index in [1.807, 2.05) is 0 Å². The van der Waals surface area contributed by atoms with Gasteiger partial charge < -0.3 is 24.1 Å². The van der Waals surface area contributed by atoms with E-state index < -0.39 is 21.1 Å². The second-order valence-corrected chi connectivity index (χ2v) is 5.18. The van der Waals surface area contributed by atoms with E-state index >= 15 is 0 Å². The fourth-order valence-electron chi connectivity index (χ4n) is 0.233. The van der Waals surface area contributed by atoms with E-state index in [0.29, 0.717) is 0 Å². The van der Waals surface area contributed by atoms with Crippen molar-refractivity contribution in [2.75, 3.05) is 5.90 Å². The molecule has 0 aromatic rings. The Morgan fingerprint density at radius 1 is 1.20 bits per heavy atom. The third-order valence-electron chi connectivity index (χ3n) is 0.363. The molecule has 0 fully saturated rings. The fraction of sp³-hybridized carbons (Fsp3) is 1.00. The van der Waals surface area contributed by atoms with Crippen LogP contribution in [-0.4, -0.2) is 20.6 Å². The Bertz CT molecular complexity index is 156. The molecule has 0 amide bonds. The number of hydrogen-bond acceptors (Lipinski definition) is 3. The first kappa shape index (κ1) is 13.9. The zero-order chi connectivity index (χ0) is 7.71. The summed E-state index contributed by atoms with van der Waals surface area (Å²) in [7, 11) is -9.41. The monoisotopic (exact) mass is 198 g/mol. The van der Waals surface area contributed by atoms with E-state index in [0.717, 1.165) is 0 Å². The van der Waals surface area contributed by atoms with Crippen molar-refractivity contribution in [1.29, 1.82) is 0 Å². The summed E-state index contributed by atoms with van der Waals surface area (Å²) in [5, 5.41) is 0. The molecule has 0 rings (SSSR count). The fourth-order valence-corrected chi connectivity index (χ4v) is 2.10. The Morgan fingerprint density at radius 2 is 1.50 bits per heavy atom. The molecule has 56 valence electrons. The average Bonchev–Trinajstić information content (AvgIpc) is 1.14. The molecular weight excluding hydrogens is 193 g/mol. The molecule has 0 aliphatic heterocycles. The summed E-state index contributed by atoms with van der Waals surface area (Å²) in [5.74, 6) is -1.49. The molecule has 0 heterocycles. The number of hydrogen-bond donors (Lipinski definition) is 3. The third kappa shape index (κ3) is 12.0. The van der Waals surface area contributed by atoms with E-state index in [2.05, 4.69) is 0 Å². The third-order valence-corrected chi connectivity index (χ3v) is 3.27. The molecule has 10 heavy (non-hydrogen) atoms. The van der Waals surface area contributed by atoms with Gasteiger partial charge in [0.05, 0.1) is 0 Å². The molecule has 6 nitrogen and oxygen atoms in total. The van der Waals surface area contributed by atoms with Crippen LogP contribution in [0.15, 0.2) is 0 Å². The van der Waals surface area contributed by atoms with Gasteiger partial charge in [-0.15, -0.1) is 0 Å². The van der Waals surface area contributed by atoms with Gasteiger partial charge in [0.1, 0.15) is 13.5 Å². The Morgan fingerprint density at radius 3 is 1.50 bits per heavy atom. The van der Waals surface area contributed by atoms with Crippen LogP contribution in [0.5, 0.6) is 0 Å². The summed E-state index contributed by atoms with van der Waals surface area (Å²) in [4.78, 5) is 33.5. The maximum atomic E-state index is 9.81. The van der Waals surface area contributed by atoms with Gasteiger partial charge in [-0.2, -0.15) is 0 Å². The Labute approximate surface area is 79.3 Å². The summed E-state index contributed by atoms with van der Waals surface area (Å²) in [6.07, 6.45) is 0. The average molecular weight is 198 g/mol. The minimum atomic E-state index is -4.80. The molecule has 0 aromatic heterocycles. The van der Waals surface area contributed by atoms with Crippen LogP contribution in [0.3, 0.4) is 0 Å². The van der Waals surface area contributed by atoms with Crippen LogP contribution in [0, 0.1) is 0 Å². The van der Waals surface area contributed by atoms with Gasteiger partial charge in [0.15, 0.2) is 0 Å². The molecule has 0 aliphatic rings. The van der Waals surface area contributed by atoms with Crippen molar-refractivity contribution in [3.05, 3.63) is 0 Å². The van der Waals surface area contributed by atoms with Gasteiger partial charge in [0.25, 0.3) is 0 Å².